The number of halogens is 1. The van der Waals surface area contributed by atoms with Gasteiger partial charge in [0.15, 0.2) is 5.96 Å². The minimum absolute atomic E-state index is 0. The number of aliphatic imine (C=N–C) groups is 1. The first-order valence-corrected chi connectivity index (χ1v) is 11.1. The number of hydrogen-bond acceptors (Lipinski definition) is 4. The number of piperazine rings is 1. The van der Waals surface area contributed by atoms with Crippen LogP contribution in [0.4, 0.5) is 0 Å². The Hall–Kier alpha value is -0.870. The molecule has 0 spiro atoms. The summed E-state index contributed by atoms with van der Waals surface area (Å²) in [6.45, 7) is 6.45. The molecule has 2 N–H and O–H groups in total. The van der Waals surface area contributed by atoms with E-state index in [1.54, 1.807) is 11.3 Å². The van der Waals surface area contributed by atoms with E-state index in [9.17, 15) is 4.79 Å². The standard InChI is InChI=1S/C20H33N5OS.HI/c1-21-20(22-9-8-18-7-4-16-27-18)23-10-11-24-12-14-25(15-13-24)19(26)17-5-2-3-6-17;/h4,7,16-17H,2-3,5-6,8-15H2,1H3,(H2,21,22,23);1H. The average molecular weight is 519 g/mol. The molecular weight excluding hydrogens is 485 g/mol. The van der Waals surface area contributed by atoms with Gasteiger partial charge in [0.2, 0.25) is 5.91 Å². The van der Waals surface area contributed by atoms with Crippen molar-refractivity contribution in [1.29, 1.82) is 0 Å². The SMILES string of the molecule is CN=C(NCCc1cccs1)NCCN1CCN(C(=O)C2CCCC2)CC1.I. The number of nitrogens with one attached hydrogen (secondary N) is 2. The molecule has 1 saturated heterocycles. The van der Waals surface area contributed by atoms with Gasteiger partial charge in [-0.05, 0) is 30.7 Å². The molecule has 0 unspecified atom stereocenters. The van der Waals surface area contributed by atoms with Gasteiger partial charge in [0.1, 0.15) is 0 Å². The summed E-state index contributed by atoms with van der Waals surface area (Å²) in [6, 6.07) is 4.26. The van der Waals surface area contributed by atoms with Crippen molar-refractivity contribution in [3.63, 3.8) is 0 Å². The molecule has 28 heavy (non-hydrogen) atoms. The third-order valence-electron chi connectivity index (χ3n) is 5.58. The van der Waals surface area contributed by atoms with Gasteiger partial charge < -0.3 is 15.5 Å². The van der Waals surface area contributed by atoms with Crippen molar-refractivity contribution in [2.75, 3.05) is 52.9 Å². The van der Waals surface area contributed by atoms with Crippen molar-refractivity contribution in [3.05, 3.63) is 22.4 Å². The summed E-state index contributed by atoms with van der Waals surface area (Å²) in [5, 5.41) is 8.88. The van der Waals surface area contributed by atoms with Gasteiger partial charge in [-0.15, -0.1) is 35.3 Å². The molecule has 1 aliphatic heterocycles. The molecule has 0 radical (unpaired) electrons. The Kier molecular flexibility index (Phi) is 10.6. The van der Waals surface area contributed by atoms with Gasteiger partial charge in [-0.3, -0.25) is 14.7 Å². The number of carbonyl (C=O) groups excluding carboxylic acids is 1. The summed E-state index contributed by atoms with van der Waals surface area (Å²) in [5.41, 5.74) is 0. The molecule has 1 aliphatic carbocycles. The fraction of sp³-hybridized carbons (Fsp3) is 0.700. The van der Waals surface area contributed by atoms with Crippen LogP contribution in [-0.4, -0.2) is 74.5 Å². The lowest BCUT2D eigenvalue weighted by molar-refractivity contribution is -0.137. The fourth-order valence-corrected chi connectivity index (χ4v) is 4.64. The Morgan fingerprint density at radius 3 is 2.54 bits per heavy atom. The monoisotopic (exact) mass is 519 g/mol. The molecule has 2 fully saturated rings. The van der Waals surface area contributed by atoms with Crippen LogP contribution in [0.5, 0.6) is 0 Å². The molecule has 1 amide bonds. The van der Waals surface area contributed by atoms with Gasteiger partial charge in [-0.25, -0.2) is 0 Å². The van der Waals surface area contributed by atoms with Crippen molar-refractivity contribution >= 4 is 47.2 Å². The second kappa shape index (κ2) is 12.6. The zero-order chi connectivity index (χ0) is 18.9. The minimum atomic E-state index is 0. The molecule has 2 aliphatic rings. The number of guanidine groups is 1. The highest BCUT2D eigenvalue weighted by Gasteiger charge is 2.29. The second-order valence-corrected chi connectivity index (χ2v) is 8.44. The third kappa shape index (κ3) is 7.18. The first kappa shape index (κ1) is 23.4. The second-order valence-electron chi connectivity index (χ2n) is 7.40. The highest BCUT2D eigenvalue weighted by atomic mass is 127. The van der Waals surface area contributed by atoms with Crippen LogP contribution in [0.3, 0.4) is 0 Å². The van der Waals surface area contributed by atoms with E-state index in [2.05, 4.69) is 42.9 Å². The fourth-order valence-electron chi connectivity index (χ4n) is 3.93. The van der Waals surface area contributed by atoms with Crippen LogP contribution in [0.15, 0.2) is 22.5 Å². The molecule has 158 valence electrons. The Balaban J connectivity index is 0.00000280. The van der Waals surface area contributed by atoms with Crippen LogP contribution >= 0.6 is 35.3 Å². The number of hydrogen-bond donors (Lipinski definition) is 2. The van der Waals surface area contributed by atoms with Gasteiger partial charge in [-0.1, -0.05) is 18.9 Å². The van der Waals surface area contributed by atoms with E-state index < -0.39 is 0 Å². The number of amides is 1. The van der Waals surface area contributed by atoms with E-state index in [1.807, 2.05) is 7.05 Å². The predicted octanol–water partition coefficient (Wildman–Crippen LogP) is 2.41. The Morgan fingerprint density at radius 2 is 1.89 bits per heavy atom. The molecular formula is C20H34IN5OS. The van der Waals surface area contributed by atoms with Gasteiger partial charge in [-0.2, -0.15) is 0 Å². The van der Waals surface area contributed by atoms with Gasteiger partial charge in [0.05, 0.1) is 0 Å². The zero-order valence-electron chi connectivity index (χ0n) is 16.9. The molecule has 0 aromatic carbocycles. The molecule has 2 heterocycles. The predicted molar refractivity (Wildman–Crippen MR) is 128 cm³/mol. The number of carbonyl (C=O) groups is 1. The molecule has 0 atom stereocenters. The number of nitrogens with zero attached hydrogens (tertiary/aromatic N) is 3. The van der Waals surface area contributed by atoms with Crippen LogP contribution < -0.4 is 10.6 Å². The Morgan fingerprint density at radius 1 is 1.18 bits per heavy atom. The number of rotatable bonds is 7. The van der Waals surface area contributed by atoms with Crippen molar-refractivity contribution in [2.24, 2.45) is 10.9 Å². The highest BCUT2D eigenvalue weighted by molar-refractivity contribution is 14.0. The summed E-state index contributed by atoms with van der Waals surface area (Å²) in [5.74, 6) is 1.57. The lowest BCUT2D eigenvalue weighted by Gasteiger charge is -2.36. The van der Waals surface area contributed by atoms with E-state index >= 15 is 0 Å². The molecule has 6 nitrogen and oxygen atoms in total. The topological polar surface area (TPSA) is 60.0 Å². The molecule has 1 aromatic rings. The first-order chi connectivity index (χ1) is 13.3. The van der Waals surface area contributed by atoms with Crippen LogP contribution in [0.1, 0.15) is 30.6 Å². The van der Waals surface area contributed by atoms with Crippen LogP contribution in [-0.2, 0) is 11.2 Å². The largest absolute Gasteiger partial charge is 0.356 e. The normalized spacial score (nSPS) is 18.8. The quantitative estimate of drug-likeness (QED) is 0.330. The Labute approximate surface area is 190 Å². The molecule has 0 bridgehead atoms. The third-order valence-corrected chi connectivity index (χ3v) is 6.51. The van der Waals surface area contributed by atoms with Crippen molar-refractivity contribution < 1.29 is 4.79 Å². The molecule has 1 saturated carbocycles. The number of thiophene rings is 1. The maximum Gasteiger partial charge on any atom is 0.225 e. The lowest BCUT2D eigenvalue weighted by Crippen LogP contribution is -2.52. The zero-order valence-corrected chi connectivity index (χ0v) is 20.0. The van der Waals surface area contributed by atoms with Crippen molar-refractivity contribution in [1.82, 2.24) is 20.4 Å². The molecule has 8 heteroatoms. The van der Waals surface area contributed by atoms with Gasteiger partial charge in [0.25, 0.3) is 0 Å². The van der Waals surface area contributed by atoms with Crippen molar-refractivity contribution in [3.8, 4) is 0 Å². The molecule has 1 aromatic heterocycles. The van der Waals surface area contributed by atoms with Crippen LogP contribution in [0.2, 0.25) is 0 Å². The van der Waals surface area contributed by atoms with E-state index in [4.69, 9.17) is 0 Å². The van der Waals surface area contributed by atoms with E-state index in [0.29, 0.717) is 11.8 Å². The van der Waals surface area contributed by atoms with Crippen LogP contribution in [0, 0.1) is 5.92 Å². The highest BCUT2D eigenvalue weighted by Crippen LogP contribution is 2.26. The van der Waals surface area contributed by atoms with Gasteiger partial charge in [0, 0.05) is 63.7 Å². The summed E-state index contributed by atoms with van der Waals surface area (Å²) in [7, 11) is 1.81. The van der Waals surface area contributed by atoms with Crippen LogP contribution in [0.25, 0.3) is 0 Å². The maximum atomic E-state index is 12.5. The van der Waals surface area contributed by atoms with Crippen molar-refractivity contribution in [2.45, 2.75) is 32.1 Å². The average Bonchev–Trinajstić information content (AvgIpc) is 3.41. The summed E-state index contributed by atoms with van der Waals surface area (Å²) in [6.07, 6.45) is 5.67. The minimum Gasteiger partial charge on any atom is -0.356 e. The lowest BCUT2D eigenvalue weighted by atomic mass is 10.1. The summed E-state index contributed by atoms with van der Waals surface area (Å²) in [4.78, 5) is 22.7. The maximum absolute atomic E-state index is 12.5. The molecule has 3 rings (SSSR count). The van der Waals surface area contributed by atoms with Gasteiger partial charge >= 0.3 is 0 Å². The van der Waals surface area contributed by atoms with E-state index in [1.165, 1.54) is 17.7 Å². The summed E-state index contributed by atoms with van der Waals surface area (Å²) >= 11 is 1.79. The van der Waals surface area contributed by atoms with E-state index in [-0.39, 0.29) is 24.0 Å². The Bertz CT molecular complexity index is 596. The summed E-state index contributed by atoms with van der Waals surface area (Å²) < 4.78 is 0. The first-order valence-electron chi connectivity index (χ1n) is 10.2. The smallest absolute Gasteiger partial charge is 0.225 e. The van der Waals surface area contributed by atoms with E-state index in [0.717, 1.165) is 71.0 Å².